The number of urea groups is 1. The van der Waals surface area contributed by atoms with Crippen LogP contribution < -0.4 is 10.6 Å². The molecule has 3 amide bonds. The van der Waals surface area contributed by atoms with Crippen LogP contribution in [0.5, 0.6) is 0 Å². The fourth-order valence-corrected chi connectivity index (χ4v) is 2.26. The first kappa shape index (κ1) is 13.3. The van der Waals surface area contributed by atoms with Gasteiger partial charge >= 0.3 is 6.03 Å². The van der Waals surface area contributed by atoms with Gasteiger partial charge in [-0.25, -0.2) is 4.79 Å². The van der Waals surface area contributed by atoms with Crippen molar-refractivity contribution in [2.75, 3.05) is 46.6 Å². The molecule has 1 unspecified atom stereocenters. The number of carbonyl (C=O) groups excluding carboxylic acids is 2. The summed E-state index contributed by atoms with van der Waals surface area (Å²) in [6.07, 6.45) is 0.651. The van der Waals surface area contributed by atoms with E-state index in [1.54, 1.807) is 7.11 Å². The zero-order valence-electron chi connectivity index (χ0n) is 10.5. The van der Waals surface area contributed by atoms with E-state index in [1.165, 1.54) is 4.90 Å². The monoisotopic (exact) mass is 257 g/mol. The number of imide groups is 1. The molecule has 0 aromatic heterocycles. The van der Waals surface area contributed by atoms with E-state index in [9.17, 15) is 9.59 Å². The average molecular weight is 257 g/mol. The molecule has 0 aliphatic carbocycles. The Hall–Kier alpha value is -1.18. The lowest BCUT2D eigenvalue weighted by molar-refractivity contribution is -0.131. The van der Waals surface area contributed by atoms with Crippen molar-refractivity contribution < 1.29 is 19.1 Å². The molecule has 2 aliphatic heterocycles. The van der Waals surface area contributed by atoms with E-state index < -0.39 is 5.54 Å². The highest BCUT2D eigenvalue weighted by Gasteiger charge is 2.52. The summed E-state index contributed by atoms with van der Waals surface area (Å²) in [5.74, 6) is -0.146. The molecule has 0 bridgehead atoms. The smallest absolute Gasteiger partial charge is 0.325 e. The number of nitrogens with zero attached hydrogens (tertiary/aromatic N) is 1. The highest BCUT2D eigenvalue weighted by atomic mass is 16.5. The normalized spacial score (nSPS) is 27.3. The van der Waals surface area contributed by atoms with Gasteiger partial charge in [-0.05, 0) is 13.0 Å². The van der Waals surface area contributed by atoms with E-state index in [2.05, 4.69) is 10.6 Å². The van der Waals surface area contributed by atoms with Gasteiger partial charge in [0.25, 0.3) is 5.91 Å². The molecule has 7 nitrogen and oxygen atoms in total. The lowest BCUT2D eigenvalue weighted by Crippen LogP contribution is -2.48. The van der Waals surface area contributed by atoms with Crippen LogP contribution in [-0.4, -0.2) is 68.9 Å². The standard InChI is InChI=1S/C11H19N3O4/c1-17-6-7-18-5-4-14-9(15)11(13-10(14)16)2-3-12-8-11/h12H,2-8H2,1H3,(H,13,16). The summed E-state index contributed by atoms with van der Waals surface area (Å²) in [5.41, 5.74) is -0.719. The zero-order chi connectivity index (χ0) is 13.0. The van der Waals surface area contributed by atoms with Crippen molar-refractivity contribution >= 4 is 11.9 Å². The first-order valence-electron chi connectivity index (χ1n) is 6.11. The van der Waals surface area contributed by atoms with Gasteiger partial charge in [0, 0.05) is 13.7 Å². The first-order valence-corrected chi connectivity index (χ1v) is 6.11. The maximum Gasteiger partial charge on any atom is 0.325 e. The molecule has 2 rings (SSSR count). The number of rotatable bonds is 6. The minimum Gasteiger partial charge on any atom is -0.382 e. The Morgan fingerprint density at radius 2 is 2.17 bits per heavy atom. The van der Waals surface area contributed by atoms with Crippen LogP contribution in [0.2, 0.25) is 0 Å². The van der Waals surface area contributed by atoms with E-state index >= 15 is 0 Å². The zero-order valence-corrected chi connectivity index (χ0v) is 10.5. The van der Waals surface area contributed by atoms with Gasteiger partial charge in [0.1, 0.15) is 5.54 Å². The molecule has 0 aromatic carbocycles. The molecular weight excluding hydrogens is 238 g/mol. The topological polar surface area (TPSA) is 79.9 Å². The number of amides is 3. The van der Waals surface area contributed by atoms with E-state index in [0.717, 1.165) is 6.54 Å². The molecule has 1 spiro atoms. The lowest BCUT2D eigenvalue weighted by atomic mass is 9.99. The van der Waals surface area contributed by atoms with Crippen LogP contribution in [0.4, 0.5) is 4.79 Å². The average Bonchev–Trinajstić information content (AvgIpc) is 2.90. The van der Waals surface area contributed by atoms with Gasteiger partial charge < -0.3 is 20.1 Å². The van der Waals surface area contributed by atoms with Crippen molar-refractivity contribution in [2.24, 2.45) is 0 Å². The van der Waals surface area contributed by atoms with Crippen LogP contribution in [-0.2, 0) is 14.3 Å². The largest absolute Gasteiger partial charge is 0.382 e. The summed E-state index contributed by atoms with van der Waals surface area (Å²) in [6.45, 7) is 2.87. The predicted molar refractivity (Wildman–Crippen MR) is 63.2 cm³/mol. The third-order valence-corrected chi connectivity index (χ3v) is 3.29. The Bertz CT molecular complexity index is 328. The molecule has 0 saturated carbocycles. The van der Waals surface area contributed by atoms with Crippen molar-refractivity contribution in [3.63, 3.8) is 0 Å². The quantitative estimate of drug-likeness (QED) is 0.468. The molecule has 18 heavy (non-hydrogen) atoms. The fourth-order valence-electron chi connectivity index (χ4n) is 2.26. The number of ether oxygens (including phenoxy) is 2. The highest BCUT2D eigenvalue weighted by molar-refractivity contribution is 6.07. The molecule has 1 atom stereocenters. The summed E-state index contributed by atoms with van der Waals surface area (Å²) < 4.78 is 10.1. The van der Waals surface area contributed by atoms with Crippen LogP contribution in [0.25, 0.3) is 0 Å². The molecule has 0 radical (unpaired) electrons. The second-order valence-electron chi connectivity index (χ2n) is 4.50. The van der Waals surface area contributed by atoms with Crippen molar-refractivity contribution in [1.29, 1.82) is 0 Å². The number of hydrogen-bond acceptors (Lipinski definition) is 5. The number of methoxy groups -OCH3 is 1. The minimum absolute atomic E-state index is 0.146. The predicted octanol–water partition coefficient (Wildman–Crippen LogP) is -1.07. The van der Waals surface area contributed by atoms with E-state index in [4.69, 9.17) is 9.47 Å². The molecule has 2 heterocycles. The molecule has 102 valence electrons. The van der Waals surface area contributed by atoms with Crippen molar-refractivity contribution in [3.8, 4) is 0 Å². The Morgan fingerprint density at radius 1 is 1.33 bits per heavy atom. The Morgan fingerprint density at radius 3 is 2.83 bits per heavy atom. The molecule has 0 aromatic rings. The number of carbonyl (C=O) groups is 2. The van der Waals surface area contributed by atoms with Crippen LogP contribution in [0.15, 0.2) is 0 Å². The first-order chi connectivity index (χ1) is 8.69. The number of hydrogen-bond donors (Lipinski definition) is 2. The SMILES string of the molecule is COCCOCCN1C(=O)NC2(CCNC2)C1=O. The summed E-state index contributed by atoms with van der Waals surface area (Å²) in [4.78, 5) is 25.2. The van der Waals surface area contributed by atoms with Crippen LogP contribution >= 0.6 is 0 Å². The maximum absolute atomic E-state index is 12.2. The van der Waals surface area contributed by atoms with Gasteiger partial charge in [0.05, 0.1) is 26.4 Å². The van der Waals surface area contributed by atoms with E-state index in [0.29, 0.717) is 32.8 Å². The summed E-state index contributed by atoms with van der Waals surface area (Å²) in [7, 11) is 1.59. The lowest BCUT2D eigenvalue weighted by Gasteiger charge is -2.19. The van der Waals surface area contributed by atoms with Gasteiger partial charge in [0.2, 0.25) is 0 Å². The van der Waals surface area contributed by atoms with Crippen molar-refractivity contribution in [2.45, 2.75) is 12.0 Å². The Balaban J connectivity index is 1.82. The van der Waals surface area contributed by atoms with E-state index in [-0.39, 0.29) is 18.5 Å². The van der Waals surface area contributed by atoms with Crippen LogP contribution in [0.3, 0.4) is 0 Å². The third kappa shape index (κ3) is 2.47. The van der Waals surface area contributed by atoms with Crippen molar-refractivity contribution in [1.82, 2.24) is 15.5 Å². The van der Waals surface area contributed by atoms with Gasteiger partial charge in [-0.2, -0.15) is 0 Å². The maximum atomic E-state index is 12.2. The minimum atomic E-state index is -0.719. The Kier molecular flexibility index (Phi) is 4.15. The van der Waals surface area contributed by atoms with Crippen LogP contribution in [0, 0.1) is 0 Å². The molecule has 2 saturated heterocycles. The second kappa shape index (κ2) is 5.64. The molecule has 2 fully saturated rings. The van der Waals surface area contributed by atoms with E-state index in [1.807, 2.05) is 0 Å². The molecule has 2 aliphatic rings. The summed E-state index contributed by atoms with van der Waals surface area (Å²) in [5, 5.41) is 5.88. The second-order valence-corrected chi connectivity index (χ2v) is 4.50. The third-order valence-electron chi connectivity index (χ3n) is 3.29. The molecular formula is C11H19N3O4. The van der Waals surface area contributed by atoms with Gasteiger partial charge in [0.15, 0.2) is 0 Å². The molecule has 7 heteroatoms. The van der Waals surface area contributed by atoms with Crippen molar-refractivity contribution in [3.05, 3.63) is 0 Å². The summed E-state index contributed by atoms with van der Waals surface area (Å²) >= 11 is 0. The van der Waals surface area contributed by atoms with Gasteiger partial charge in [-0.3, -0.25) is 9.69 Å². The Labute approximate surface area is 106 Å². The van der Waals surface area contributed by atoms with Crippen LogP contribution in [0.1, 0.15) is 6.42 Å². The van der Waals surface area contributed by atoms with Gasteiger partial charge in [-0.15, -0.1) is 0 Å². The highest BCUT2D eigenvalue weighted by Crippen LogP contribution is 2.23. The number of nitrogens with one attached hydrogen (secondary N) is 2. The summed E-state index contributed by atoms with van der Waals surface area (Å²) in [6, 6.07) is -0.320. The fraction of sp³-hybridized carbons (Fsp3) is 0.818. The molecule has 2 N–H and O–H groups in total. The van der Waals surface area contributed by atoms with Gasteiger partial charge in [-0.1, -0.05) is 0 Å².